The van der Waals surface area contributed by atoms with Crippen LogP contribution in [0.15, 0.2) is 134 Å². The molecule has 0 radical (unpaired) electrons. The molecule has 0 saturated heterocycles. The second-order valence-electron chi connectivity index (χ2n) is 10.0. The first-order valence-corrected chi connectivity index (χ1v) is 14.7. The van der Waals surface area contributed by atoms with Crippen LogP contribution in [0.3, 0.4) is 0 Å². The van der Waals surface area contributed by atoms with Crippen LogP contribution in [0.1, 0.15) is 0 Å². The minimum atomic E-state index is 0.605. The number of benzene rings is 4. The minimum absolute atomic E-state index is 0.605. The van der Waals surface area contributed by atoms with E-state index in [9.17, 15) is 0 Å². The molecule has 4 heterocycles. The van der Waals surface area contributed by atoms with Gasteiger partial charge in [-0.05, 0) is 24.3 Å². The number of fused-ring (bicyclic) bond motifs is 3. The standard InChI is InChI=1S/C36H22N6S/c1-3-10-23(11-4-1)34-40-35(24-12-5-2-6-13-24)42-36(41-34)27-15-9-14-25(20-27)29-21-26(18-19-37-29)31-33-32(39-22-38-31)28-16-7-8-17-30(28)43-33/h1-22H. The van der Waals surface area contributed by atoms with Gasteiger partial charge < -0.3 is 0 Å². The lowest BCUT2D eigenvalue weighted by Gasteiger charge is -2.10. The maximum Gasteiger partial charge on any atom is 0.164 e. The van der Waals surface area contributed by atoms with E-state index < -0.39 is 0 Å². The first kappa shape index (κ1) is 25.1. The maximum absolute atomic E-state index is 4.90. The van der Waals surface area contributed by atoms with Gasteiger partial charge in [0, 0.05) is 44.1 Å². The fourth-order valence-electron chi connectivity index (χ4n) is 5.22. The lowest BCUT2D eigenvalue weighted by molar-refractivity contribution is 1.07. The van der Waals surface area contributed by atoms with Crippen LogP contribution < -0.4 is 0 Å². The minimum Gasteiger partial charge on any atom is -0.256 e. The Morgan fingerprint density at radius 1 is 0.465 bits per heavy atom. The van der Waals surface area contributed by atoms with Gasteiger partial charge in [0.15, 0.2) is 17.5 Å². The molecule has 4 aromatic carbocycles. The molecule has 0 bridgehead atoms. The summed E-state index contributed by atoms with van der Waals surface area (Å²) < 4.78 is 2.27. The van der Waals surface area contributed by atoms with Crippen molar-refractivity contribution in [1.82, 2.24) is 29.9 Å². The zero-order valence-electron chi connectivity index (χ0n) is 22.8. The summed E-state index contributed by atoms with van der Waals surface area (Å²) in [5.74, 6) is 1.87. The molecule has 0 aliphatic heterocycles. The van der Waals surface area contributed by atoms with Crippen molar-refractivity contribution in [2.24, 2.45) is 0 Å². The quantitative estimate of drug-likeness (QED) is 0.206. The molecular formula is C36H22N6S. The van der Waals surface area contributed by atoms with Gasteiger partial charge in [-0.15, -0.1) is 11.3 Å². The predicted molar refractivity (Wildman–Crippen MR) is 173 cm³/mol. The topological polar surface area (TPSA) is 77.3 Å². The summed E-state index contributed by atoms with van der Waals surface area (Å²) >= 11 is 1.72. The predicted octanol–water partition coefficient (Wildman–Crippen LogP) is 8.76. The number of rotatable bonds is 5. The summed E-state index contributed by atoms with van der Waals surface area (Å²) in [6, 6.07) is 40.6. The SMILES string of the molecule is c1ccc(-c2nc(-c3ccccc3)nc(-c3cccc(-c4cc(-c5ncnc6c5sc5ccccc56)ccn4)c3)n2)cc1. The van der Waals surface area contributed by atoms with Crippen molar-refractivity contribution < 1.29 is 0 Å². The van der Waals surface area contributed by atoms with Crippen LogP contribution in [0.5, 0.6) is 0 Å². The molecule has 6 nitrogen and oxygen atoms in total. The molecule has 8 aromatic rings. The summed E-state index contributed by atoms with van der Waals surface area (Å²) in [6.07, 6.45) is 3.48. The molecule has 0 aliphatic carbocycles. The van der Waals surface area contributed by atoms with E-state index in [-0.39, 0.29) is 0 Å². The van der Waals surface area contributed by atoms with Crippen LogP contribution in [0.2, 0.25) is 0 Å². The Morgan fingerprint density at radius 3 is 1.84 bits per heavy atom. The van der Waals surface area contributed by atoms with E-state index in [0.717, 1.165) is 54.8 Å². The Balaban J connectivity index is 1.22. The molecule has 202 valence electrons. The second kappa shape index (κ2) is 10.6. The fourth-order valence-corrected chi connectivity index (χ4v) is 6.39. The molecular weight excluding hydrogens is 549 g/mol. The number of pyridine rings is 1. The molecule has 0 saturated carbocycles. The normalized spacial score (nSPS) is 11.3. The van der Waals surface area contributed by atoms with Crippen molar-refractivity contribution >= 4 is 31.6 Å². The van der Waals surface area contributed by atoms with Crippen molar-refractivity contribution in [3.05, 3.63) is 134 Å². The summed E-state index contributed by atoms with van der Waals surface area (Å²) in [7, 11) is 0. The monoisotopic (exact) mass is 570 g/mol. The van der Waals surface area contributed by atoms with Crippen LogP contribution in [0.25, 0.3) is 77.0 Å². The average molecular weight is 571 g/mol. The van der Waals surface area contributed by atoms with E-state index in [1.807, 2.05) is 91.1 Å². The zero-order chi connectivity index (χ0) is 28.6. The lowest BCUT2D eigenvalue weighted by atomic mass is 10.0. The largest absolute Gasteiger partial charge is 0.256 e. The Bertz CT molecular complexity index is 2190. The molecule has 8 rings (SSSR count). The fraction of sp³-hybridized carbons (Fsp3) is 0. The van der Waals surface area contributed by atoms with Crippen molar-refractivity contribution in [2.45, 2.75) is 0 Å². The van der Waals surface area contributed by atoms with Gasteiger partial charge in [-0.1, -0.05) is 97.1 Å². The number of aromatic nitrogens is 6. The third-order valence-electron chi connectivity index (χ3n) is 7.31. The Hall–Kier alpha value is -5.66. The van der Waals surface area contributed by atoms with Crippen molar-refractivity contribution in [3.63, 3.8) is 0 Å². The van der Waals surface area contributed by atoms with Crippen LogP contribution in [-0.4, -0.2) is 29.9 Å². The van der Waals surface area contributed by atoms with E-state index in [4.69, 9.17) is 24.9 Å². The average Bonchev–Trinajstić information content (AvgIpc) is 3.48. The molecule has 0 aliphatic rings. The molecule has 4 aromatic heterocycles. The van der Waals surface area contributed by atoms with Crippen LogP contribution in [-0.2, 0) is 0 Å². The van der Waals surface area contributed by atoms with E-state index in [0.29, 0.717) is 17.5 Å². The smallest absolute Gasteiger partial charge is 0.164 e. The van der Waals surface area contributed by atoms with Crippen molar-refractivity contribution in [2.75, 3.05) is 0 Å². The van der Waals surface area contributed by atoms with E-state index >= 15 is 0 Å². The van der Waals surface area contributed by atoms with Gasteiger partial charge in [-0.2, -0.15) is 0 Å². The van der Waals surface area contributed by atoms with Crippen molar-refractivity contribution in [1.29, 1.82) is 0 Å². The van der Waals surface area contributed by atoms with Gasteiger partial charge in [0.2, 0.25) is 0 Å². The molecule has 0 N–H and O–H groups in total. The maximum atomic E-state index is 4.90. The van der Waals surface area contributed by atoms with Gasteiger partial charge in [-0.3, -0.25) is 4.98 Å². The number of nitrogens with zero attached hydrogens (tertiary/aromatic N) is 6. The third kappa shape index (κ3) is 4.71. The van der Waals surface area contributed by atoms with Crippen molar-refractivity contribution in [3.8, 4) is 56.7 Å². The van der Waals surface area contributed by atoms with Gasteiger partial charge in [0.25, 0.3) is 0 Å². The van der Waals surface area contributed by atoms with E-state index in [1.54, 1.807) is 17.7 Å². The molecule has 43 heavy (non-hydrogen) atoms. The number of hydrogen-bond acceptors (Lipinski definition) is 7. The highest BCUT2D eigenvalue weighted by molar-refractivity contribution is 7.26. The Morgan fingerprint density at radius 2 is 1.09 bits per heavy atom. The van der Waals surface area contributed by atoms with Crippen LogP contribution in [0, 0.1) is 0 Å². The van der Waals surface area contributed by atoms with Crippen LogP contribution >= 0.6 is 11.3 Å². The zero-order valence-corrected chi connectivity index (χ0v) is 23.6. The number of thiophene rings is 1. The second-order valence-corrected chi connectivity index (χ2v) is 11.1. The molecule has 7 heteroatoms. The Labute approximate surface area is 251 Å². The number of hydrogen-bond donors (Lipinski definition) is 0. The Kier molecular flexibility index (Phi) is 6.20. The van der Waals surface area contributed by atoms with E-state index in [2.05, 4.69) is 41.4 Å². The highest BCUT2D eigenvalue weighted by atomic mass is 32.1. The van der Waals surface area contributed by atoms with E-state index in [1.165, 1.54) is 4.70 Å². The third-order valence-corrected chi connectivity index (χ3v) is 8.47. The highest BCUT2D eigenvalue weighted by Crippen LogP contribution is 2.38. The molecule has 0 unspecified atom stereocenters. The van der Waals surface area contributed by atoms with Gasteiger partial charge >= 0.3 is 0 Å². The van der Waals surface area contributed by atoms with Gasteiger partial charge in [0.1, 0.15) is 6.33 Å². The molecule has 0 fully saturated rings. The van der Waals surface area contributed by atoms with Gasteiger partial charge in [-0.25, -0.2) is 24.9 Å². The molecule has 0 amide bonds. The summed E-state index contributed by atoms with van der Waals surface area (Å²) in [5, 5.41) is 1.15. The summed E-state index contributed by atoms with van der Waals surface area (Å²) in [5.41, 5.74) is 7.43. The summed E-state index contributed by atoms with van der Waals surface area (Å²) in [4.78, 5) is 28.6. The van der Waals surface area contributed by atoms with Crippen LogP contribution in [0.4, 0.5) is 0 Å². The lowest BCUT2D eigenvalue weighted by Crippen LogP contribution is -2.00. The highest BCUT2D eigenvalue weighted by Gasteiger charge is 2.15. The molecule has 0 atom stereocenters. The summed E-state index contributed by atoms with van der Waals surface area (Å²) in [6.45, 7) is 0. The first-order valence-electron chi connectivity index (χ1n) is 13.9. The van der Waals surface area contributed by atoms with Gasteiger partial charge in [0.05, 0.1) is 21.6 Å². The first-order chi connectivity index (χ1) is 21.3. The molecule has 0 spiro atoms.